The fourth-order valence-electron chi connectivity index (χ4n) is 5.63. The molecule has 1 aliphatic rings. The number of rotatable bonds is 4. The third-order valence-corrected chi connectivity index (χ3v) is 11.9. The molecule has 0 bridgehead atoms. The molecule has 0 aliphatic carbocycles. The molecule has 0 saturated carbocycles. The van der Waals surface area contributed by atoms with Gasteiger partial charge >= 0.3 is 0 Å². The average molecular weight is 467 g/mol. The van der Waals surface area contributed by atoms with Crippen LogP contribution in [-0.2, 0) is 0 Å². The van der Waals surface area contributed by atoms with Crippen molar-refractivity contribution < 1.29 is 0 Å². The molecule has 3 heterocycles. The molecule has 0 amide bonds. The summed E-state index contributed by atoms with van der Waals surface area (Å²) in [4.78, 5) is 0. The normalized spacial score (nSPS) is 13.4. The maximum Gasteiger partial charge on any atom is 0.181 e. The molecule has 0 radical (unpaired) electrons. The summed E-state index contributed by atoms with van der Waals surface area (Å²) >= 11 is 0. The summed E-state index contributed by atoms with van der Waals surface area (Å²) in [5.41, 5.74) is 4.82. The minimum absolute atomic E-state index is 1.07. The molecule has 0 atom stereocenters. The predicted molar refractivity (Wildman–Crippen MR) is 143 cm³/mol. The van der Waals surface area contributed by atoms with Crippen LogP contribution in [0.5, 0.6) is 0 Å². The predicted octanol–water partition coefficient (Wildman–Crippen LogP) is 3.42. The molecule has 35 heavy (non-hydrogen) atoms. The fourth-order valence-corrected chi connectivity index (χ4v) is 10.9. The lowest BCUT2D eigenvalue weighted by Gasteiger charge is -2.32. The van der Waals surface area contributed by atoms with Crippen molar-refractivity contribution in [3.63, 3.8) is 0 Å². The number of fused-ring (bicyclic) bond motifs is 3. The van der Waals surface area contributed by atoms with Gasteiger partial charge in [0.05, 0.1) is 11.4 Å². The average Bonchev–Trinajstić information content (AvgIpc) is 3.70. The minimum atomic E-state index is -2.60. The highest BCUT2D eigenvalue weighted by molar-refractivity contribution is 7.22. The van der Waals surface area contributed by atoms with Gasteiger partial charge in [0, 0.05) is 24.8 Å². The first-order valence-electron chi connectivity index (χ1n) is 11.8. The molecular formula is C30H22N4Si. The van der Waals surface area contributed by atoms with E-state index in [1.54, 1.807) is 0 Å². The zero-order valence-corrected chi connectivity index (χ0v) is 20.0. The summed E-state index contributed by atoms with van der Waals surface area (Å²) in [6.45, 7) is 0. The molecule has 1 aliphatic heterocycles. The Hall–Kier alpha value is -4.48. The molecule has 4 nitrogen and oxygen atoms in total. The highest BCUT2D eigenvalue weighted by atomic mass is 28.3. The molecule has 4 aromatic carbocycles. The minimum Gasteiger partial charge on any atom is -0.241 e. The smallest absolute Gasteiger partial charge is 0.181 e. The molecule has 0 spiro atoms. The second-order valence-electron chi connectivity index (χ2n) is 8.84. The first-order chi connectivity index (χ1) is 17.4. The molecule has 0 N–H and O–H groups in total. The molecule has 0 fully saturated rings. The second kappa shape index (κ2) is 7.79. The van der Waals surface area contributed by atoms with Crippen molar-refractivity contribution in [3.8, 4) is 22.5 Å². The lowest BCUT2D eigenvalue weighted by Crippen LogP contribution is -2.72. The maximum atomic E-state index is 4.51. The molecular weight excluding hydrogens is 444 g/mol. The third-order valence-electron chi connectivity index (χ3n) is 7.05. The summed E-state index contributed by atoms with van der Waals surface area (Å²) < 4.78 is 3.89. The van der Waals surface area contributed by atoms with Crippen molar-refractivity contribution in [2.75, 3.05) is 0 Å². The topological polar surface area (TPSA) is 35.6 Å². The maximum absolute atomic E-state index is 4.51. The summed E-state index contributed by atoms with van der Waals surface area (Å²) in [7, 11) is -2.60. The van der Waals surface area contributed by atoms with Crippen LogP contribution in [0.2, 0.25) is 0 Å². The van der Waals surface area contributed by atoms with Crippen molar-refractivity contribution >= 4 is 28.8 Å². The van der Waals surface area contributed by atoms with Crippen molar-refractivity contribution in [2.45, 2.75) is 0 Å². The van der Waals surface area contributed by atoms with E-state index in [2.05, 4.69) is 107 Å². The SMILES string of the molecule is c1cc(-n2cccn2)cc([Si]2(c3cccc(-n4cccn4)c3)c3ccccc3-c3ccccc32)c1. The number of hydrogen-bond acceptors (Lipinski definition) is 2. The Morgan fingerprint density at radius 3 is 1.43 bits per heavy atom. The van der Waals surface area contributed by atoms with Gasteiger partial charge in [0.25, 0.3) is 0 Å². The van der Waals surface area contributed by atoms with Gasteiger partial charge in [-0.25, -0.2) is 9.36 Å². The van der Waals surface area contributed by atoms with Crippen molar-refractivity contribution in [1.29, 1.82) is 0 Å². The van der Waals surface area contributed by atoms with E-state index in [-0.39, 0.29) is 0 Å². The van der Waals surface area contributed by atoms with Crippen LogP contribution in [-0.4, -0.2) is 27.6 Å². The molecule has 0 saturated heterocycles. The van der Waals surface area contributed by atoms with Gasteiger partial charge in [-0.15, -0.1) is 0 Å². The Labute approximate surface area is 204 Å². The van der Waals surface area contributed by atoms with Crippen LogP contribution in [0.1, 0.15) is 0 Å². The Bertz CT molecular complexity index is 1530. The van der Waals surface area contributed by atoms with E-state index in [4.69, 9.17) is 0 Å². The van der Waals surface area contributed by atoms with Gasteiger partial charge < -0.3 is 0 Å². The van der Waals surface area contributed by atoms with Gasteiger partial charge in [-0.1, -0.05) is 72.8 Å². The molecule has 2 aromatic heterocycles. The van der Waals surface area contributed by atoms with Crippen LogP contribution < -0.4 is 20.7 Å². The summed E-state index contributed by atoms with van der Waals surface area (Å²) in [5.74, 6) is 0. The molecule has 6 aromatic rings. The van der Waals surface area contributed by atoms with Crippen LogP contribution in [0.3, 0.4) is 0 Å². The summed E-state index contributed by atoms with van der Waals surface area (Å²) in [5, 5.41) is 14.6. The fraction of sp³-hybridized carbons (Fsp3) is 0. The van der Waals surface area contributed by atoms with Gasteiger partial charge in [0.15, 0.2) is 8.07 Å². The van der Waals surface area contributed by atoms with Crippen LogP contribution in [0, 0.1) is 0 Å². The zero-order chi connectivity index (χ0) is 23.2. The van der Waals surface area contributed by atoms with Gasteiger partial charge in [-0.05, 0) is 68.3 Å². The Morgan fingerprint density at radius 2 is 0.971 bits per heavy atom. The van der Waals surface area contributed by atoms with Crippen LogP contribution in [0.25, 0.3) is 22.5 Å². The van der Waals surface area contributed by atoms with E-state index in [9.17, 15) is 0 Å². The lowest BCUT2D eigenvalue weighted by atomic mass is 10.1. The van der Waals surface area contributed by atoms with Crippen LogP contribution in [0.4, 0.5) is 0 Å². The van der Waals surface area contributed by atoms with E-state index in [0.29, 0.717) is 0 Å². The van der Waals surface area contributed by atoms with Crippen molar-refractivity contribution in [2.24, 2.45) is 0 Å². The van der Waals surface area contributed by atoms with Gasteiger partial charge in [-0.2, -0.15) is 10.2 Å². The standard InChI is InChI=1S/C30H22N4Si/c1-3-15-29-27(13-1)28-14-2-4-16-30(28)35(29,25-11-5-9-23(21-25)33-19-7-17-31-33)26-12-6-10-24(22-26)34-20-8-18-32-34/h1-22H. The van der Waals surface area contributed by atoms with E-state index in [1.807, 2.05) is 46.3 Å². The van der Waals surface area contributed by atoms with E-state index < -0.39 is 8.07 Å². The Kier molecular flexibility index (Phi) is 4.44. The summed E-state index contributed by atoms with van der Waals surface area (Å²) in [6.07, 6.45) is 7.66. The number of nitrogens with zero attached hydrogens (tertiary/aromatic N) is 4. The second-order valence-corrected chi connectivity index (χ2v) is 12.6. The molecule has 166 valence electrons. The van der Waals surface area contributed by atoms with E-state index in [0.717, 1.165) is 11.4 Å². The quantitative estimate of drug-likeness (QED) is 0.373. The first kappa shape index (κ1) is 19.9. The zero-order valence-electron chi connectivity index (χ0n) is 19.0. The van der Waals surface area contributed by atoms with Gasteiger partial charge in [-0.3, -0.25) is 0 Å². The van der Waals surface area contributed by atoms with Crippen molar-refractivity contribution in [3.05, 3.63) is 134 Å². The van der Waals surface area contributed by atoms with Crippen LogP contribution in [0.15, 0.2) is 134 Å². The Balaban J connectivity index is 1.58. The third kappa shape index (κ3) is 2.92. The van der Waals surface area contributed by atoms with Crippen molar-refractivity contribution in [1.82, 2.24) is 19.6 Å². The van der Waals surface area contributed by atoms with Crippen LogP contribution >= 0.6 is 0 Å². The number of hydrogen-bond donors (Lipinski definition) is 0. The highest BCUT2D eigenvalue weighted by Crippen LogP contribution is 2.28. The van der Waals surface area contributed by atoms with E-state index in [1.165, 1.54) is 31.9 Å². The Morgan fingerprint density at radius 1 is 0.486 bits per heavy atom. The van der Waals surface area contributed by atoms with E-state index >= 15 is 0 Å². The number of aromatic nitrogens is 4. The molecule has 5 heteroatoms. The first-order valence-corrected chi connectivity index (χ1v) is 13.8. The summed E-state index contributed by atoms with van der Waals surface area (Å²) in [6, 6.07) is 39.7. The van der Waals surface area contributed by atoms with Gasteiger partial charge in [0.1, 0.15) is 0 Å². The van der Waals surface area contributed by atoms with Gasteiger partial charge in [0.2, 0.25) is 0 Å². The monoisotopic (exact) mass is 466 g/mol. The lowest BCUT2D eigenvalue weighted by molar-refractivity contribution is 0.881. The molecule has 0 unspecified atom stereocenters. The largest absolute Gasteiger partial charge is 0.241 e. The highest BCUT2D eigenvalue weighted by Gasteiger charge is 2.48. The number of benzene rings is 4. The molecule has 7 rings (SSSR count).